The monoisotopic (exact) mass is 543 g/mol. The maximum atomic E-state index is 13.3. The lowest BCUT2D eigenvalue weighted by atomic mass is 9.86. The van der Waals surface area contributed by atoms with Crippen LogP contribution in [0, 0.1) is 29.6 Å². The van der Waals surface area contributed by atoms with Crippen molar-refractivity contribution in [2.45, 2.75) is 64.2 Å². The van der Waals surface area contributed by atoms with Crippen molar-refractivity contribution < 1.29 is 22.8 Å². The summed E-state index contributed by atoms with van der Waals surface area (Å²) in [7, 11) is 0. The van der Waals surface area contributed by atoms with Crippen LogP contribution in [0.15, 0.2) is 30.6 Å². The number of halogens is 3. The van der Waals surface area contributed by atoms with Crippen LogP contribution < -0.4 is 10.6 Å². The van der Waals surface area contributed by atoms with Crippen molar-refractivity contribution in [2.24, 2.45) is 29.6 Å². The molecule has 2 saturated carbocycles. The standard InChI is InChI=1S/C27H32F3N7O2/c1-2-36-21(9-10-32-36)26(39)34-24(23(15-3-4-15)16-5-6-16)20-14-37-22(33-20)8-7-19(35-37)12-17-11-18(27(28,29)30)13-31-25(17)38/h7-10,14-18,23-24H,2-6,11-13H2,1H3,(H,31,38)(H,34,39)/t17?,18-,24+/m0/s1. The Labute approximate surface area is 223 Å². The molecular weight excluding hydrogens is 511 g/mol. The average molecular weight is 544 g/mol. The van der Waals surface area contributed by atoms with Gasteiger partial charge in [0, 0.05) is 31.6 Å². The maximum Gasteiger partial charge on any atom is 0.393 e. The molecule has 3 aromatic heterocycles. The molecule has 3 atom stereocenters. The summed E-state index contributed by atoms with van der Waals surface area (Å²) >= 11 is 0. The number of aryl methyl sites for hydroxylation is 1. The molecular formula is C27H32F3N7O2. The number of piperidine rings is 1. The normalized spacial score (nSPS) is 22.7. The minimum Gasteiger partial charge on any atom is -0.355 e. The van der Waals surface area contributed by atoms with Gasteiger partial charge in [0.15, 0.2) is 5.65 Å². The molecule has 3 aliphatic rings. The minimum absolute atomic E-state index is 0.107. The molecule has 0 spiro atoms. The number of imidazole rings is 1. The van der Waals surface area contributed by atoms with Gasteiger partial charge >= 0.3 is 6.18 Å². The van der Waals surface area contributed by atoms with E-state index in [1.165, 1.54) is 0 Å². The van der Waals surface area contributed by atoms with E-state index in [4.69, 9.17) is 4.98 Å². The van der Waals surface area contributed by atoms with Gasteiger partial charge in [0.05, 0.1) is 29.5 Å². The molecule has 12 heteroatoms. The summed E-state index contributed by atoms with van der Waals surface area (Å²) < 4.78 is 43.1. The number of fused-ring (bicyclic) bond motifs is 1. The molecule has 0 bridgehead atoms. The number of nitrogens with zero attached hydrogens (tertiary/aromatic N) is 5. The van der Waals surface area contributed by atoms with E-state index in [0.29, 0.717) is 41.1 Å². The molecule has 9 nitrogen and oxygen atoms in total. The van der Waals surface area contributed by atoms with E-state index >= 15 is 0 Å². The highest BCUT2D eigenvalue weighted by Gasteiger charge is 2.47. The van der Waals surface area contributed by atoms with Gasteiger partial charge in [-0.15, -0.1) is 0 Å². The van der Waals surface area contributed by atoms with Gasteiger partial charge < -0.3 is 10.6 Å². The molecule has 3 fully saturated rings. The SMILES string of the molecule is CCn1nccc1C(=O)N[C@H](c1cn2nc(CC3C[C@H](C(F)(F)F)CNC3=O)ccc2n1)C(C1CC1)C1CC1. The second kappa shape index (κ2) is 9.95. The highest BCUT2D eigenvalue weighted by atomic mass is 19.4. The number of nitrogens with one attached hydrogen (secondary N) is 2. The largest absolute Gasteiger partial charge is 0.393 e. The fraction of sp³-hybridized carbons (Fsp3) is 0.593. The zero-order chi connectivity index (χ0) is 27.3. The number of alkyl halides is 3. The summed E-state index contributed by atoms with van der Waals surface area (Å²) in [6, 6.07) is 4.90. The summed E-state index contributed by atoms with van der Waals surface area (Å²) in [5, 5.41) is 14.5. The predicted octanol–water partition coefficient (Wildman–Crippen LogP) is 3.71. The Morgan fingerprint density at radius 3 is 2.59 bits per heavy atom. The Kier molecular flexibility index (Phi) is 6.58. The third-order valence-electron chi connectivity index (χ3n) is 8.35. The van der Waals surface area contributed by atoms with Crippen LogP contribution in [0.4, 0.5) is 13.2 Å². The molecule has 6 rings (SSSR count). The van der Waals surface area contributed by atoms with Crippen molar-refractivity contribution in [1.29, 1.82) is 0 Å². The Morgan fingerprint density at radius 2 is 1.92 bits per heavy atom. The first kappa shape index (κ1) is 25.8. The van der Waals surface area contributed by atoms with Gasteiger partial charge in [0.1, 0.15) is 5.69 Å². The van der Waals surface area contributed by atoms with E-state index < -0.39 is 18.0 Å². The molecule has 1 aliphatic heterocycles. The third kappa shape index (κ3) is 5.38. The van der Waals surface area contributed by atoms with Gasteiger partial charge in [-0.1, -0.05) is 0 Å². The molecule has 2 N–H and O–H groups in total. The maximum absolute atomic E-state index is 13.3. The average Bonchev–Trinajstić information content (AvgIpc) is 3.83. The van der Waals surface area contributed by atoms with Crippen molar-refractivity contribution >= 4 is 17.5 Å². The number of carbonyl (C=O) groups excluding carboxylic acids is 2. The summed E-state index contributed by atoms with van der Waals surface area (Å²) in [5.41, 5.74) is 2.31. The molecule has 2 aliphatic carbocycles. The fourth-order valence-corrected chi connectivity index (χ4v) is 6.03. The van der Waals surface area contributed by atoms with E-state index in [0.717, 1.165) is 25.7 Å². The second-order valence-corrected chi connectivity index (χ2v) is 11.1. The van der Waals surface area contributed by atoms with E-state index in [9.17, 15) is 22.8 Å². The number of amides is 2. The summed E-state index contributed by atoms with van der Waals surface area (Å²) in [4.78, 5) is 30.5. The van der Waals surface area contributed by atoms with E-state index in [-0.39, 0.29) is 43.2 Å². The Hall–Kier alpha value is -3.44. The molecule has 3 aromatic rings. The molecule has 1 unspecified atom stereocenters. The fourth-order valence-electron chi connectivity index (χ4n) is 6.03. The van der Waals surface area contributed by atoms with E-state index in [1.54, 1.807) is 39.8 Å². The lowest BCUT2D eigenvalue weighted by Gasteiger charge is -2.30. The van der Waals surface area contributed by atoms with Crippen LogP contribution in [0.2, 0.25) is 0 Å². The van der Waals surface area contributed by atoms with Crippen LogP contribution in [0.25, 0.3) is 5.65 Å². The molecule has 1 saturated heterocycles. The van der Waals surface area contributed by atoms with E-state index in [2.05, 4.69) is 20.8 Å². The Balaban J connectivity index is 1.26. The van der Waals surface area contributed by atoms with Crippen LogP contribution in [0.5, 0.6) is 0 Å². The predicted molar refractivity (Wildman–Crippen MR) is 134 cm³/mol. The van der Waals surface area contributed by atoms with E-state index in [1.807, 2.05) is 6.92 Å². The van der Waals surface area contributed by atoms with Crippen molar-refractivity contribution in [3.05, 3.63) is 47.7 Å². The number of aromatic nitrogens is 5. The van der Waals surface area contributed by atoms with Crippen LogP contribution in [-0.4, -0.2) is 48.9 Å². The van der Waals surface area contributed by atoms with Crippen molar-refractivity contribution in [3.8, 4) is 0 Å². The van der Waals surface area contributed by atoms with Gasteiger partial charge in [0.25, 0.3) is 5.91 Å². The van der Waals surface area contributed by atoms with Gasteiger partial charge in [-0.25, -0.2) is 9.50 Å². The lowest BCUT2D eigenvalue weighted by molar-refractivity contribution is -0.183. The quantitative estimate of drug-likeness (QED) is 0.428. The Bertz CT molecular complexity index is 1360. The lowest BCUT2D eigenvalue weighted by Crippen LogP contribution is -2.47. The van der Waals surface area contributed by atoms with Crippen LogP contribution in [0.3, 0.4) is 0 Å². The summed E-state index contributed by atoms with van der Waals surface area (Å²) in [6.45, 7) is 2.13. The first-order valence-electron chi connectivity index (χ1n) is 13.7. The number of hydrogen-bond acceptors (Lipinski definition) is 5. The topological polar surface area (TPSA) is 106 Å². The number of hydrogen-bond donors (Lipinski definition) is 2. The molecule has 208 valence electrons. The van der Waals surface area contributed by atoms with Gasteiger partial charge in [-0.2, -0.15) is 23.4 Å². The first-order chi connectivity index (χ1) is 18.7. The third-order valence-corrected chi connectivity index (χ3v) is 8.35. The molecule has 0 radical (unpaired) electrons. The summed E-state index contributed by atoms with van der Waals surface area (Å²) in [5.74, 6) is -1.57. The number of carbonyl (C=O) groups is 2. The zero-order valence-corrected chi connectivity index (χ0v) is 21.7. The van der Waals surface area contributed by atoms with Gasteiger partial charge in [-0.05, 0) is 75.0 Å². The van der Waals surface area contributed by atoms with Crippen molar-refractivity contribution in [3.63, 3.8) is 0 Å². The smallest absolute Gasteiger partial charge is 0.355 e. The minimum atomic E-state index is -4.35. The highest BCUT2D eigenvalue weighted by Crippen LogP contribution is 2.54. The highest BCUT2D eigenvalue weighted by molar-refractivity contribution is 5.92. The van der Waals surface area contributed by atoms with Crippen LogP contribution in [-0.2, 0) is 17.8 Å². The first-order valence-corrected chi connectivity index (χ1v) is 13.7. The van der Waals surface area contributed by atoms with Crippen molar-refractivity contribution in [1.82, 2.24) is 35.0 Å². The molecule has 4 heterocycles. The number of rotatable bonds is 9. The zero-order valence-electron chi connectivity index (χ0n) is 21.7. The van der Waals surface area contributed by atoms with Crippen LogP contribution >= 0.6 is 0 Å². The molecule has 2 amide bonds. The summed E-state index contributed by atoms with van der Waals surface area (Å²) in [6.07, 6.45) is 3.47. The molecule has 0 aromatic carbocycles. The van der Waals surface area contributed by atoms with Crippen LogP contribution in [0.1, 0.15) is 66.9 Å². The second-order valence-electron chi connectivity index (χ2n) is 11.1. The Morgan fingerprint density at radius 1 is 1.18 bits per heavy atom. The molecule has 39 heavy (non-hydrogen) atoms. The van der Waals surface area contributed by atoms with Gasteiger partial charge in [0.2, 0.25) is 5.91 Å². The van der Waals surface area contributed by atoms with Crippen molar-refractivity contribution in [2.75, 3.05) is 6.54 Å². The van der Waals surface area contributed by atoms with Gasteiger partial charge in [-0.3, -0.25) is 14.3 Å².